The number of rotatable bonds is 10. The molecule has 0 rings (SSSR count). The van der Waals surface area contributed by atoms with Gasteiger partial charge in [0.1, 0.15) is 0 Å². The fourth-order valence-electron chi connectivity index (χ4n) is 2.36. The Morgan fingerprint density at radius 1 is 1.12 bits per heavy atom. The van der Waals surface area contributed by atoms with E-state index in [1.807, 2.05) is 0 Å². The first kappa shape index (κ1) is 16.9. The molecule has 0 aliphatic rings. The highest BCUT2D eigenvalue weighted by Crippen LogP contribution is 2.13. The van der Waals surface area contributed by atoms with Crippen LogP contribution in [0.25, 0.3) is 0 Å². The lowest BCUT2D eigenvalue weighted by atomic mass is 10.0. The molecule has 0 saturated carbocycles. The average Bonchev–Trinajstić information content (AvgIpc) is 2.28. The summed E-state index contributed by atoms with van der Waals surface area (Å²) in [4.78, 5) is 2.37. The summed E-state index contributed by atoms with van der Waals surface area (Å²) in [6.07, 6.45) is 5.76. The largest absolute Gasteiger partial charge is 0.395 e. The van der Waals surface area contributed by atoms with E-state index in [0.717, 1.165) is 19.4 Å². The second kappa shape index (κ2) is 9.86. The first-order valence-corrected chi connectivity index (χ1v) is 7.20. The van der Waals surface area contributed by atoms with E-state index in [0.29, 0.717) is 6.04 Å². The lowest BCUT2D eigenvalue weighted by Crippen LogP contribution is -2.53. The van der Waals surface area contributed by atoms with Gasteiger partial charge in [-0.15, -0.1) is 0 Å². The van der Waals surface area contributed by atoms with Gasteiger partial charge >= 0.3 is 0 Å². The van der Waals surface area contributed by atoms with Crippen LogP contribution < -0.4 is 5.73 Å². The molecule has 0 aromatic heterocycles. The Labute approximate surface area is 107 Å². The van der Waals surface area contributed by atoms with Crippen molar-refractivity contribution in [3.05, 3.63) is 0 Å². The summed E-state index contributed by atoms with van der Waals surface area (Å²) in [6, 6.07) is 0.660. The van der Waals surface area contributed by atoms with Gasteiger partial charge in [0.25, 0.3) is 0 Å². The molecule has 17 heavy (non-hydrogen) atoms. The molecule has 0 aromatic carbocycles. The summed E-state index contributed by atoms with van der Waals surface area (Å²) in [5.74, 6) is 0. The van der Waals surface area contributed by atoms with Crippen LogP contribution in [0.15, 0.2) is 0 Å². The molecule has 2 unspecified atom stereocenters. The normalized spacial score (nSPS) is 15.5. The minimum Gasteiger partial charge on any atom is -0.395 e. The molecular formula is C14H32N2O. The molecule has 0 saturated heterocycles. The Hall–Kier alpha value is -0.120. The molecule has 0 aromatic rings. The minimum atomic E-state index is 0.0917. The predicted octanol–water partition coefficient (Wildman–Crippen LogP) is 2.38. The summed E-state index contributed by atoms with van der Waals surface area (Å²) in [5, 5.41) is 9.58. The van der Waals surface area contributed by atoms with Crippen molar-refractivity contribution in [1.29, 1.82) is 0 Å². The van der Waals surface area contributed by atoms with Crippen LogP contribution in [0.1, 0.15) is 59.8 Å². The summed E-state index contributed by atoms with van der Waals surface area (Å²) >= 11 is 0. The molecule has 0 aliphatic heterocycles. The maximum atomic E-state index is 9.58. The molecule has 3 nitrogen and oxygen atoms in total. The van der Waals surface area contributed by atoms with Crippen molar-refractivity contribution in [3.8, 4) is 0 Å². The number of hydrogen-bond donors (Lipinski definition) is 2. The van der Waals surface area contributed by atoms with Crippen LogP contribution in [0, 0.1) is 0 Å². The van der Waals surface area contributed by atoms with Gasteiger partial charge in [0.2, 0.25) is 0 Å². The van der Waals surface area contributed by atoms with Gasteiger partial charge in [-0.3, -0.25) is 4.90 Å². The lowest BCUT2D eigenvalue weighted by Gasteiger charge is -2.37. The second-order valence-corrected chi connectivity index (χ2v) is 5.24. The molecule has 0 bridgehead atoms. The third-order valence-electron chi connectivity index (χ3n) is 3.41. The van der Waals surface area contributed by atoms with Crippen molar-refractivity contribution in [1.82, 2.24) is 4.90 Å². The topological polar surface area (TPSA) is 49.5 Å². The monoisotopic (exact) mass is 244 g/mol. The quantitative estimate of drug-likeness (QED) is 0.580. The fourth-order valence-corrected chi connectivity index (χ4v) is 2.36. The van der Waals surface area contributed by atoms with E-state index in [9.17, 15) is 5.11 Å². The molecule has 3 N–H and O–H groups in total. The van der Waals surface area contributed by atoms with E-state index in [1.165, 1.54) is 19.3 Å². The number of nitrogens with zero attached hydrogens (tertiary/aromatic N) is 1. The van der Waals surface area contributed by atoms with Crippen molar-refractivity contribution >= 4 is 0 Å². The van der Waals surface area contributed by atoms with Crippen LogP contribution in [0.2, 0.25) is 0 Å². The molecule has 0 fully saturated rings. The number of hydrogen-bond acceptors (Lipinski definition) is 3. The van der Waals surface area contributed by atoms with Gasteiger partial charge in [-0.2, -0.15) is 0 Å². The summed E-state index contributed by atoms with van der Waals surface area (Å²) < 4.78 is 0. The molecule has 0 amide bonds. The minimum absolute atomic E-state index is 0.0917. The van der Waals surface area contributed by atoms with E-state index in [2.05, 4.69) is 32.6 Å². The van der Waals surface area contributed by atoms with Crippen LogP contribution in [0.3, 0.4) is 0 Å². The van der Waals surface area contributed by atoms with Crippen molar-refractivity contribution < 1.29 is 5.11 Å². The highest BCUT2D eigenvalue weighted by Gasteiger charge is 2.25. The first-order valence-electron chi connectivity index (χ1n) is 7.20. The number of aliphatic hydroxyl groups excluding tert-OH is 1. The third-order valence-corrected chi connectivity index (χ3v) is 3.41. The third kappa shape index (κ3) is 6.39. The van der Waals surface area contributed by atoms with Gasteiger partial charge in [-0.05, 0) is 33.2 Å². The zero-order chi connectivity index (χ0) is 13.3. The van der Waals surface area contributed by atoms with E-state index in [-0.39, 0.29) is 18.7 Å². The zero-order valence-electron chi connectivity index (χ0n) is 12.2. The van der Waals surface area contributed by atoms with Crippen molar-refractivity contribution in [2.75, 3.05) is 13.2 Å². The standard InChI is InChI=1S/C14H32N2O/c1-5-7-8-10-16(12(3)4)14(11-17)13(15)9-6-2/h12-14,17H,5-11,15H2,1-4H3. The molecule has 0 heterocycles. The summed E-state index contributed by atoms with van der Waals surface area (Å²) in [5.41, 5.74) is 6.18. The van der Waals surface area contributed by atoms with Gasteiger partial charge < -0.3 is 10.8 Å². The Kier molecular flexibility index (Phi) is 9.79. The Bertz CT molecular complexity index is 174. The second-order valence-electron chi connectivity index (χ2n) is 5.24. The number of unbranched alkanes of at least 4 members (excludes halogenated alkanes) is 2. The maximum Gasteiger partial charge on any atom is 0.0602 e. The maximum absolute atomic E-state index is 9.58. The molecule has 3 heteroatoms. The fraction of sp³-hybridized carbons (Fsp3) is 1.00. The van der Waals surface area contributed by atoms with E-state index in [1.54, 1.807) is 0 Å². The van der Waals surface area contributed by atoms with Crippen molar-refractivity contribution in [2.45, 2.75) is 77.9 Å². The smallest absolute Gasteiger partial charge is 0.0602 e. The van der Waals surface area contributed by atoms with Crippen molar-refractivity contribution in [2.24, 2.45) is 5.73 Å². The van der Waals surface area contributed by atoms with Crippen LogP contribution in [0.4, 0.5) is 0 Å². The van der Waals surface area contributed by atoms with Crippen LogP contribution in [-0.4, -0.2) is 41.3 Å². The Morgan fingerprint density at radius 3 is 2.18 bits per heavy atom. The Morgan fingerprint density at radius 2 is 1.76 bits per heavy atom. The average molecular weight is 244 g/mol. The lowest BCUT2D eigenvalue weighted by molar-refractivity contribution is 0.0745. The molecule has 104 valence electrons. The molecule has 2 atom stereocenters. The van der Waals surface area contributed by atoms with Crippen LogP contribution >= 0.6 is 0 Å². The SMILES string of the molecule is CCCCCN(C(C)C)C(CO)C(N)CCC. The Balaban J connectivity index is 4.40. The summed E-state index contributed by atoms with van der Waals surface area (Å²) in [7, 11) is 0. The highest BCUT2D eigenvalue weighted by atomic mass is 16.3. The molecule has 0 spiro atoms. The van der Waals surface area contributed by atoms with Crippen molar-refractivity contribution in [3.63, 3.8) is 0 Å². The van der Waals surface area contributed by atoms with Gasteiger partial charge in [0.15, 0.2) is 0 Å². The van der Waals surface area contributed by atoms with Crippen LogP contribution in [-0.2, 0) is 0 Å². The predicted molar refractivity (Wildman–Crippen MR) is 75.1 cm³/mol. The van der Waals surface area contributed by atoms with E-state index < -0.39 is 0 Å². The van der Waals surface area contributed by atoms with Gasteiger partial charge in [-0.25, -0.2) is 0 Å². The van der Waals surface area contributed by atoms with Gasteiger partial charge in [0.05, 0.1) is 6.61 Å². The van der Waals surface area contributed by atoms with E-state index >= 15 is 0 Å². The highest BCUT2D eigenvalue weighted by molar-refractivity contribution is 4.83. The number of aliphatic hydroxyl groups is 1. The summed E-state index contributed by atoms with van der Waals surface area (Å²) in [6.45, 7) is 9.96. The molecule has 0 aliphatic carbocycles. The van der Waals surface area contributed by atoms with E-state index in [4.69, 9.17) is 5.73 Å². The van der Waals surface area contributed by atoms with Crippen LogP contribution in [0.5, 0.6) is 0 Å². The first-order chi connectivity index (χ1) is 8.08. The molecular weight excluding hydrogens is 212 g/mol. The van der Waals surface area contributed by atoms with Gasteiger partial charge in [-0.1, -0.05) is 33.1 Å². The molecule has 0 radical (unpaired) electrons. The van der Waals surface area contributed by atoms with Gasteiger partial charge in [0, 0.05) is 18.1 Å². The zero-order valence-corrected chi connectivity index (χ0v) is 12.2. The number of nitrogens with two attached hydrogens (primary N) is 1.